The first kappa shape index (κ1) is 14.1. The Morgan fingerprint density at radius 3 is 2.76 bits per heavy atom. The number of oxazole rings is 1. The van der Waals surface area contributed by atoms with E-state index in [9.17, 15) is 9.18 Å². The summed E-state index contributed by atoms with van der Waals surface area (Å²) < 4.78 is 20.1. The summed E-state index contributed by atoms with van der Waals surface area (Å²) in [5.74, 6) is -0.664. The third kappa shape index (κ3) is 2.42. The molecule has 0 spiro atoms. The Hall–Kier alpha value is -1.88. The van der Waals surface area contributed by atoms with Crippen molar-refractivity contribution in [3.05, 3.63) is 69.5 Å². The van der Waals surface area contributed by atoms with Crippen molar-refractivity contribution in [2.45, 2.75) is 11.8 Å². The quantitative estimate of drug-likeness (QED) is 0.654. The highest BCUT2D eigenvalue weighted by molar-refractivity contribution is 9.09. The number of hydrogen-bond donors (Lipinski definition) is 0. The summed E-state index contributed by atoms with van der Waals surface area (Å²) in [5.41, 5.74) is 4.02. The maximum atomic E-state index is 13.4. The lowest BCUT2D eigenvalue weighted by atomic mass is 10.00. The highest BCUT2D eigenvalue weighted by Gasteiger charge is 2.16. The van der Waals surface area contributed by atoms with Crippen LogP contribution >= 0.6 is 15.9 Å². The molecule has 3 rings (SSSR count). The average molecular weight is 350 g/mol. The van der Waals surface area contributed by atoms with E-state index < -0.39 is 5.76 Å². The van der Waals surface area contributed by atoms with E-state index in [1.165, 1.54) is 16.7 Å². The highest BCUT2D eigenvalue weighted by Crippen LogP contribution is 2.34. The van der Waals surface area contributed by atoms with Gasteiger partial charge in [-0.05, 0) is 47.9 Å². The molecule has 1 unspecified atom stereocenters. The first-order valence-electron chi connectivity index (χ1n) is 6.47. The number of benzene rings is 2. The molecule has 3 aromatic rings. The van der Waals surface area contributed by atoms with Crippen molar-refractivity contribution >= 4 is 27.0 Å². The van der Waals surface area contributed by atoms with E-state index in [0.717, 1.165) is 22.2 Å². The highest BCUT2D eigenvalue weighted by atomic mass is 79.9. The Morgan fingerprint density at radius 2 is 2.00 bits per heavy atom. The summed E-state index contributed by atoms with van der Waals surface area (Å²) >= 11 is 3.60. The number of fused-ring (bicyclic) bond motifs is 1. The predicted molar refractivity (Wildman–Crippen MR) is 83.4 cm³/mol. The number of alkyl halides is 1. The standard InChI is InChI=1S/C16H13BrFNO2/c1-9-3-5-11(18)8-12(9)15(17)10-4-6-13-14(7-10)21-16(20)19(13)2/h3-8,15H,1-2H3. The molecule has 0 saturated heterocycles. The molecule has 0 radical (unpaired) electrons. The molecule has 0 saturated carbocycles. The third-order valence-corrected chi connectivity index (χ3v) is 4.65. The fourth-order valence-corrected chi connectivity index (χ4v) is 3.15. The smallest absolute Gasteiger partial charge is 0.408 e. The number of aryl methyl sites for hydroxylation is 2. The molecule has 0 aliphatic heterocycles. The summed E-state index contributed by atoms with van der Waals surface area (Å²) in [6.07, 6.45) is 0. The van der Waals surface area contributed by atoms with Crippen LogP contribution in [-0.4, -0.2) is 4.57 Å². The van der Waals surface area contributed by atoms with Gasteiger partial charge in [-0.15, -0.1) is 0 Å². The molecule has 108 valence electrons. The minimum atomic E-state index is -0.393. The van der Waals surface area contributed by atoms with Crippen molar-refractivity contribution in [3.63, 3.8) is 0 Å². The second-order valence-electron chi connectivity index (χ2n) is 5.02. The second kappa shape index (κ2) is 5.15. The van der Waals surface area contributed by atoms with Gasteiger partial charge in [0.15, 0.2) is 5.58 Å². The zero-order valence-electron chi connectivity index (χ0n) is 11.6. The molecule has 0 fully saturated rings. The molecule has 1 aromatic heterocycles. The maximum absolute atomic E-state index is 13.4. The number of hydrogen-bond acceptors (Lipinski definition) is 2. The van der Waals surface area contributed by atoms with Crippen molar-refractivity contribution in [1.29, 1.82) is 0 Å². The van der Waals surface area contributed by atoms with Gasteiger partial charge in [-0.25, -0.2) is 9.18 Å². The van der Waals surface area contributed by atoms with E-state index in [4.69, 9.17) is 4.42 Å². The molecular formula is C16H13BrFNO2. The van der Waals surface area contributed by atoms with Crippen LogP contribution in [0, 0.1) is 12.7 Å². The zero-order chi connectivity index (χ0) is 15.1. The van der Waals surface area contributed by atoms with Gasteiger partial charge in [-0.1, -0.05) is 28.1 Å². The molecule has 1 atom stereocenters. The predicted octanol–water partition coefficient (Wildman–Crippen LogP) is 4.06. The Kier molecular flexibility index (Phi) is 3.45. The first-order chi connectivity index (χ1) is 9.97. The van der Waals surface area contributed by atoms with Gasteiger partial charge in [0.1, 0.15) is 5.82 Å². The summed E-state index contributed by atoms with van der Waals surface area (Å²) in [5, 5.41) is 0. The topological polar surface area (TPSA) is 35.1 Å². The molecule has 0 bridgehead atoms. The Labute approximate surface area is 129 Å². The lowest BCUT2D eigenvalue weighted by Crippen LogP contribution is -2.08. The number of halogens is 2. The van der Waals surface area contributed by atoms with Crippen LogP contribution in [0.3, 0.4) is 0 Å². The minimum absolute atomic E-state index is 0.164. The molecule has 5 heteroatoms. The van der Waals surface area contributed by atoms with Gasteiger partial charge in [0.05, 0.1) is 10.3 Å². The largest absolute Gasteiger partial charge is 0.419 e. The molecule has 0 amide bonds. The fourth-order valence-electron chi connectivity index (χ4n) is 2.37. The van der Waals surface area contributed by atoms with Gasteiger partial charge >= 0.3 is 5.76 Å². The van der Waals surface area contributed by atoms with E-state index in [2.05, 4.69) is 15.9 Å². The lowest BCUT2D eigenvalue weighted by molar-refractivity contribution is 0.528. The zero-order valence-corrected chi connectivity index (χ0v) is 13.1. The normalized spacial score (nSPS) is 12.8. The van der Waals surface area contributed by atoms with E-state index in [0.29, 0.717) is 5.58 Å². The van der Waals surface area contributed by atoms with Gasteiger partial charge in [-0.2, -0.15) is 0 Å². The van der Waals surface area contributed by atoms with Gasteiger partial charge in [0.25, 0.3) is 0 Å². The molecule has 3 nitrogen and oxygen atoms in total. The van der Waals surface area contributed by atoms with Gasteiger partial charge < -0.3 is 4.42 Å². The van der Waals surface area contributed by atoms with E-state index in [-0.39, 0.29) is 10.6 Å². The van der Waals surface area contributed by atoms with Gasteiger partial charge in [0.2, 0.25) is 0 Å². The SMILES string of the molecule is Cc1ccc(F)cc1C(Br)c1ccc2c(c1)oc(=O)n2C. The van der Waals surface area contributed by atoms with Crippen LogP contribution in [0.15, 0.2) is 45.6 Å². The van der Waals surface area contributed by atoms with Crippen LogP contribution in [0.1, 0.15) is 21.5 Å². The Balaban J connectivity index is 2.11. The molecule has 2 aromatic carbocycles. The summed E-state index contributed by atoms with van der Waals surface area (Å²) in [4.78, 5) is 11.4. The number of nitrogens with zero attached hydrogens (tertiary/aromatic N) is 1. The van der Waals surface area contributed by atoms with E-state index in [1.54, 1.807) is 19.2 Å². The Bertz CT molecular complexity index is 882. The van der Waals surface area contributed by atoms with Gasteiger partial charge in [0, 0.05) is 7.05 Å². The average Bonchev–Trinajstić information content (AvgIpc) is 2.75. The molecule has 0 aliphatic rings. The summed E-state index contributed by atoms with van der Waals surface area (Å²) in [6.45, 7) is 1.93. The van der Waals surface area contributed by atoms with Gasteiger partial charge in [-0.3, -0.25) is 4.57 Å². The number of rotatable bonds is 2. The van der Waals surface area contributed by atoms with Crippen LogP contribution in [0.5, 0.6) is 0 Å². The van der Waals surface area contributed by atoms with E-state index >= 15 is 0 Å². The fraction of sp³-hybridized carbons (Fsp3) is 0.188. The minimum Gasteiger partial charge on any atom is -0.408 e. The Morgan fingerprint density at radius 1 is 1.24 bits per heavy atom. The van der Waals surface area contributed by atoms with Crippen molar-refractivity contribution < 1.29 is 8.81 Å². The van der Waals surface area contributed by atoms with Crippen LogP contribution in [-0.2, 0) is 7.05 Å². The molecule has 0 aliphatic carbocycles. The first-order valence-corrected chi connectivity index (χ1v) is 7.38. The summed E-state index contributed by atoms with van der Waals surface area (Å²) in [6, 6.07) is 10.2. The third-order valence-electron chi connectivity index (χ3n) is 3.62. The van der Waals surface area contributed by atoms with Crippen LogP contribution in [0.25, 0.3) is 11.1 Å². The monoisotopic (exact) mass is 349 g/mol. The molecular weight excluding hydrogens is 337 g/mol. The van der Waals surface area contributed by atoms with E-state index in [1.807, 2.05) is 19.1 Å². The molecule has 21 heavy (non-hydrogen) atoms. The van der Waals surface area contributed by atoms with Crippen molar-refractivity contribution in [1.82, 2.24) is 4.57 Å². The van der Waals surface area contributed by atoms with Crippen molar-refractivity contribution in [3.8, 4) is 0 Å². The maximum Gasteiger partial charge on any atom is 0.419 e. The van der Waals surface area contributed by atoms with Crippen molar-refractivity contribution in [2.24, 2.45) is 7.05 Å². The van der Waals surface area contributed by atoms with Crippen LogP contribution in [0.4, 0.5) is 4.39 Å². The molecule has 1 heterocycles. The van der Waals surface area contributed by atoms with Crippen LogP contribution in [0.2, 0.25) is 0 Å². The second-order valence-corrected chi connectivity index (χ2v) is 5.93. The summed E-state index contributed by atoms with van der Waals surface area (Å²) in [7, 11) is 1.66. The number of aromatic nitrogens is 1. The molecule has 0 N–H and O–H groups in total. The van der Waals surface area contributed by atoms with Crippen LogP contribution < -0.4 is 5.76 Å². The lowest BCUT2D eigenvalue weighted by Gasteiger charge is -2.13. The van der Waals surface area contributed by atoms with Crippen molar-refractivity contribution in [2.75, 3.05) is 0 Å².